The predicted octanol–water partition coefficient (Wildman–Crippen LogP) is 4.73. The summed E-state index contributed by atoms with van der Waals surface area (Å²) in [5.74, 6) is -1.22. The van der Waals surface area contributed by atoms with Crippen molar-refractivity contribution in [2.45, 2.75) is 0 Å². The molecule has 0 unspecified atom stereocenters. The van der Waals surface area contributed by atoms with Crippen molar-refractivity contribution in [1.82, 2.24) is 0 Å². The summed E-state index contributed by atoms with van der Waals surface area (Å²) in [5, 5.41) is 3.00. The topological polar surface area (TPSA) is 55.1 Å². The molecule has 1 amide bonds. The number of nitrogen functional groups attached to an aromatic ring is 1. The SMILES string of the molecule is Nc1c(F)cccc1C(=O)Nc1ccc(Br)c(Cl)c1Cl. The van der Waals surface area contributed by atoms with Crippen LogP contribution < -0.4 is 11.1 Å². The molecule has 20 heavy (non-hydrogen) atoms. The Morgan fingerprint density at radius 2 is 1.90 bits per heavy atom. The monoisotopic (exact) mass is 376 g/mol. The van der Waals surface area contributed by atoms with Gasteiger partial charge in [0.2, 0.25) is 0 Å². The summed E-state index contributed by atoms with van der Waals surface area (Å²) in [6, 6.07) is 7.21. The van der Waals surface area contributed by atoms with Gasteiger partial charge < -0.3 is 11.1 Å². The van der Waals surface area contributed by atoms with Crippen LogP contribution >= 0.6 is 39.1 Å². The molecule has 0 fully saturated rings. The van der Waals surface area contributed by atoms with Gasteiger partial charge in [0.05, 0.1) is 27.0 Å². The van der Waals surface area contributed by atoms with Crippen LogP contribution in [0.3, 0.4) is 0 Å². The quantitative estimate of drug-likeness (QED) is 0.587. The Labute approximate surface area is 133 Å². The summed E-state index contributed by atoms with van der Waals surface area (Å²) in [5.41, 5.74) is 5.65. The van der Waals surface area contributed by atoms with Crippen molar-refractivity contribution >= 4 is 56.4 Å². The molecule has 7 heteroatoms. The van der Waals surface area contributed by atoms with Gasteiger partial charge in [-0.3, -0.25) is 4.79 Å². The Balaban J connectivity index is 2.33. The summed E-state index contributed by atoms with van der Waals surface area (Å²) in [4.78, 5) is 12.1. The van der Waals surface area contributed by atoms with Gasteiger partial charge in [-0.05, 0) is 40.2 Å². The number of carbonyl (C=O) groups is 1. The molecular formula is C13H8BrCl2FN2O. The van der Waals surface area contributed by atoms with E-state index in [1.54, 1.807) is 12.1 Å². The normalized spacial score (nSPS) is 10.4. The van der Waals surface area contributed by atoms with Gasteiger partial charge in [0.1, 0.15) is 5.82 Å². The zero-order valence-electron chi connectivity index (χ0n) is 9.88. The molecule has 2 aromatic carbocycles. The molecular weight excluding hydrogens is 370 g/mol. The molecule has 3 nitrogen and oxygen atoms in total. The third-order valence-electron chi connectivity index (χ3n) is 2.58. The van der Waals surface area contributed by atoms with Crippen LogP contribution in [0.2, 0.25) is 10.0 Å². The van der Waals surface area contributed by atoms with Crippen molar-refractivity contribution in [3.8, 4) is 0 Å². The van der Waals surface area contributed by atoms with Crippen LogP contribution in [0, 0.1) is 5.82 Å². The van der Waals surface area contributed by atoms with Gasteiger partial charge in [0, 0.05) is 4.47 Å². The first kappa shape index (κ1) is 15.1. The maximum Gasteiger partial charge on any atom is 0.257 e. The fourth-order valence-corrected chi connectivity index (χ4v) is 2.37. The Morgan fingerprint density at radius 1 is 1.20 bits per heavy atom. The van der Waals surface area contributed by atoms with Gasteiger partial charge in [-0.25, -0.2) is 4.39 Å². The van der Waals surface area contributed by atoms with Crippen molar-refractivity contribution < 1.29 is 9.18 Å². The second kappa shape index (κ2) is 5.99. The lowest BCUT2D eigenvalue weighted by atomic mass is 10.1. The van der Waals surface area contributed by atoms with E-state index in [0.717, 1.165) is 0 Å². The van der Waals surface area contributed by atoms with Crippen LogP contribution in [0.5, 0.6) is 0 Å². The molecule has 0 aliphatic heterocycles. The van der Waals surface area contributed by atoms with Gasteiger partial charge in [0.25, 0.3) is 5.91 Å². The Kier molecular flexibility index (Phi) is 4.52. The highest BCUT2D eigenvalue weighted by Gasteiger charge is 2.15. The number of amides is 1. The fourth-order valence-electron chi connectivity index (χ4n) is 1.55. The van der Waals surface area contributed by atoms with Crippen LogP contribution in [-0.2, 0) is 0 Å². The summed E-state index contributed by atoms with van der Waals surface area (Å²) >= 11 is 15.2. The number of carbonyl (C=O) groups excluding carboxylic acids is 1. The largest absolute Gasteiger partial charge is 0.396 e. The average molecular weight is 378 g/mol. The minimum Gasteiger partial charge on any atom is -0.396 e. The summed E-state index contributed by atoms with van der Waals surface area (Å²) < 4.78 is 13.9. The van der Waals surface area contributed by atoms with Crippen molar-refractivity contribution in [3.63, 3.8) is 0 Å². The van der Waals surface area contributed by atoms with Crippen LogP contribution in [-0.4, -0.2) is 5.91 Å². The zero-order valence-corrected chi connectivity index (χ0v) is 13.0. The first-order valence-corrected chi connectivity index (χ1v) is 6.95. The second-order valence-electron chi connectivity index (χ2n) is 3.88. The highest BCUT2D eigenvalue weighted by atomic mass is 79.9. The summed E-state index contributed by atoms with van der Waals surface area (Å²) in [6.07, 6.45) is 0. The van der Waals surface area contributed by atoms with E-state index in [0.29, 0.717) is 10.2 Å². The van der Waals surface area contributed by atoms with Crippen LogP contribution in [0.25, 0.3) is 0 Å². The number of hydrogen-bond donors (Lipinski definition) is 2. The molecule has 0 aliphatic rings. The Bertz CT molecular complexity index is 694. The Hall–Kier alpha value is -1.30. The number of benzene rings is 2. The molecule has 0 aliphatic carbocycles. The molecule has 0 radical (unpaired) electrons. The van der Waals surface area contributed by atoms with E-state index in [2.05, 4.69) is 21.2 Å². The molecule has 2 aromatic rings. The lowest BCUT2D eigenvalue weighted by Crippen LogP contribution is -2.15. The molecule has 0 saturated heterocycles. The molecule has 2 rings (SSSR count). The molecule has 3 N–H and O–H groups in total. The number of nitrogens with two attached hydrogens (primary N) is 1. The first-order chi connectivity index (χ1) is 9.41. The lowest BCUT2D eigenvalue weighted by Gasteiger charge is -2.11. The molecule has 0 bridgehead atoms. The standard InChI is InChI=1S/C13H8BrCl2FN2O/c14-7-4-5-9(11(16)10(7)15)19-13(20)6-2-1-3-8(17)12(6)18/h1-5H,18H2,(H,19,20). The molecule has 0 aromatic heterocycles. The number of halogens is 4. The molecule has 104 valence electrons. The smallest absolute Gasteiger partial charge is 0.257 e. The van der Waals surface area contributed by atoms with E-state index < -0.39 is 11.7 Å². The number of nitrogens with one attached hydrogen (secondary N) is 1. The van der Waals surface area contributed by atoms with Gasteiger partial charge in [-0.2, -0.15) is 0 Å². The second-order valence-corrected chi connectivity index (χ2v) is 5.49. The Morgan fingerprint density at radius 3 is 2.60 bits per heavy atom. The fraction of sp³-hybridized carbons (Fsp3) is 0. The van der Waals surface area contributed by atoms with Crippen molar-refractivity contribution in [2.24, 2.45) is 0 Å². The lowest BCUT2D eigenvalue weighted by molar-refractivity contribution is 0.102. The first-order valence-electron chi connectivity index (χ1n) is 5.40. The number of hydrogen-bond acceptors (Lipinski definition) is 2. The van der Waals surface area contributed by atoms with E-state index in [9.17, 15) is 9.18 Å². The van der Waals surface area contributed by atoms with E-state index >= 15 is 0 Å². The summed E-state index contributed by atoms with van der Waals surface area (Å²) in [6.45, 7) is 0. The van der Waals surface area contributed by atoms with Crippen molar-refractivity contribution in [3.05, 3.63) is 56.2 Å². The average Bonchev–Trinajstić information content (AvgIpc) is 2.42. The number of para-hydroxylation sites is 1. The van der Waals surface area contributed by atoms with E-state index in [1.807, 2.05) is 0 Å². The predicted molar refractivity (Wildman–Crippen MR) is 82.9 cm³/mol. The van der Waals surface area contributed by atoms with Crippen LogP contribution in [0.15, 0.2) is 34.8 Å². The maximum absolute atomic E-state index is 13.3. The van der Waals surface area contributed by atoms with Gasteiger partial charge in [-0.15, -0.1) is 0 Å². The number of anilines is 2. The third-order valence-corrected chi connectivity index (χ3v) is 4.35. The maximum atomic E-state index is 13.3. The third kappa shape index (κ3) is 2.90. The van der Waals surface area contributed by atoms with E-state index in [1.165, 1.54) is 18.2 Å². The minimum atomic E-state index is -0.655. The van der Waals surface area contributed by atoms with Crippen molar-refractivity contribution in [1.29, 1.82) is 0 Å². The molecule has 0 saturated carbocycles. The molecule has 0 heterocycles. The van der Waals surface area contributed by atoms with Crippen LogP contribution in [0.4, 0.5) is 15.8 Å². The van der Waals surface area contributed by atoms with Gasteiger partial charge in [-0.1, -0.05) is 29.3 Å². The highest BCUT2D eigenvalue weighted by Crippen LogP contribution is 2.36. The van der Waals surface area contributed by atoms with E-state index in [-0.39, 0.29) is 21.3 Å². The van der Waals surface area contributed by atoms with Crippen molar-refractivity contribution in [2.75, 3.05) is 11.1 Å². The summed E-state index contributed by atoms with van der Waals surface area (Å²) in [7, 11) is 0. The molecule has 0 spiro atoms. The highest BCUT2D eigenvalue weighted by molar-refractivity contribution is 9.10. The number of rotatable bonds is 2. The van der Waals surface area contributed by atoms with Gasteiger partial charge in [0.15, 0.2) is 0 Å². The van der Waals surface area contributed by atoms with Crippen LogP contribution in [0.1, 0.15) is 10.4 Å². The van der Waals surface area contributed by atoms with Gasteiger partial charge >= 0.3 is 0 Å². The zero-order chi connectivity index (χ0) is 14.9. The minimum absolute atomic E-state index is 0.0279. The van der Waals surface area contributed by atoms with E-state index in [4.69, 9.17) is 28.9 Å². The molecule has 0 atom stereocenters.